The molecule has 0 aliphatic carbocycles. The van der Waals surface area contributed by atoms with Crippen LogP contribution in [0.2, 0.25) is 0 Å². The van der Waals surface area contributed by atoms with Crippen LogP contribution in [0, 0.1) is 0 Å². The number of rotatable bonds is 3. The van der Waals surface area contributed by atoms with Crippen molar-refractivity contribution in [2.45, 2.75) is 6.04 Å². The van der Waals surface area contributed by atoms with Gasteiger partial charge in [0.05, 0.1) is 13.2 Å². The topological polar surface area (TPSA) is 58.8 Å². The zero-order chi connectivity index (χ0) is 12.4. The van der Waals surface area contributed by atoms with Crippen molar-refractivity contribution in [2.24, 2.45) is 5.73 Å². The van der Waals surface area contributed by atoms with Crippen LogP contribution in [0.1, 0.15) is 0 Å². The third-order valence-electron chi connectivity index (χ3n) is 3.13. The number of benzene rings is 1. The van der Waals surface area contributed by atoms with E-state index in [1.165, 1.54) is 0 Å². The molecule has 5 nitrogen and oxygen atoms in total. The lowest BCUT2D eigenvalue weighted by Crippen LogP contribution is -2.35. The fourth-order valence-electron chi connectivity index (χ4n) is 1.97. The van der Waals surface area contributed by atoms with Crippen LogP contribution < -0.4 is 15.4 Å². The van der Waals surface area contributed by atoms with Crippen molar-refractivity contribution in [1.82, 2.24) is 4.90 Å². The third-order valence-corrected chi connectivity index (χ3v) is 3.13. The number of carbonyl (C=O) groups is 1. The summed E-state index contributed by atoms with van der Waals surface area (Å²) < 4.78 is 5.09. The second-order valence-electron chi connectivity index (χ2n) is 4.09. The Bertz CT molecular complexity index is 405. The van der Waals surface area contributed by atoms with Gasteiger partial charge in [-0.25, -0.2) is 4.79 Å². The summed E-state index contributed by atoms with van der Waals surface area (Å²) in [6.45, 7) is 1.12. The van der Waals surface area contributed by atoms with Gasteiger partial charge in [-0.05, 0) is 24.3 Å². The molecule has 0 radical (unpaired) electrons. The van der Waals surface area contributed by atoms with Crippen LogP contribution in [-0.2, 0) is 0 Å². The average molecular weight is 235 g/mol. The number of hydrogen-bond donors (Lipinski definition) is 1. The maximum Gasteiger partial charge on any atom is 0.324 e. The van der Waals surface area contributed by atoms with Crippen LogP contribution in [-0.4, -0.2) is 44.2 Å². The van der Waals surface area contributed by atoms with Crippen molar-refractivity contribution < 1.29 is 9.53 Å². The van der Waals surface area contributed by atoms with E-state index in [0.29, 0.717) is 13.1 Å². The molecule has 0 bridgehead atoms. The van der Waals surface area contributed by atoms with Gasteiger partial charge < -0.3 is 15.4 Å². The van der Waals surface area contributed by atoms with E-state index >= 15 is 0 Å². The molecule has 5 heteroatoms. The summed E-state index contributed by atoms with van der Waals surface area (Å²) in [5, 5.41) is 0. The van der Waals surface area contributed by atoms with Gasteiger partial charge in [-0.1, -0.05) is 0 Å². The first kappa shape index (κ1) is 11.7. The smallest absolute Gasteiger partial charge is 0.324 e. The quantitative estimate of drug-likeness (QED) is 0.846. The van der Waals surface area contributed by atoms with Gasteiger partial charge in [0.15, 0.2) is 0 Å². The zero-order valence-corrected chi connectivity index (χ0v) is 10.1. The minimum absolute atomic E-state index is 0.00869. The number of amides is 2. The highest BCUT2D eigenvalue weighted by molar-refractivity contribution is 5.94. The van der Waals surface area contributed by atoms with Gasteiger partial charge in [-0.2, -0.15) is 0 Å². The van der Waals surface area contributed by atoms with Crippen LogP contribution in [0.3, 0.4) is 0 Å². The van der Waals surface area contributed by atoms with Crippen molar-refractivity contribution in [3.63, 3.8) is 0 Å². The van der Waals surface area contributed by atoms with Crippen molar-refractivity contribution in [3.8, 4) is 5.75 Å². The second-order valence-corrected chi connectivity index (χ2v) is 4.09. The Morgan fingerprint density at radius 2 is 2.06 bits per heavy atom. The third kappa shape index (κ3) is 2.06. The maximum absolute atomic E-state index is 12.0. The van der Waals surface area contributed by atoms with E-state index in [-0.39, 0.29) is 12.1 Å². The van der Waals surface area contributed by atoms with E-state index in [2.05, 4.69) is 0 Å². The number of methoxy groups -OCH3 is 1. The molecule has 17 heavy (non-hydrogen) atoms. The number of urea groups is 1. The van der Waals surface area contributed by atoms with E-state index < -0.39 is 0 Å². The monoisotopic (exact) mass is 235 g/mol. The highest BCUT2D eigenvalue weighted by Gasteiger charge is 2.34. The van der Waals surface area contributed by atoms with Gasteiger partial charge in [0, 0.05) is 25.8 Å². The van der Waals surface area contributed by atoms with E-state index in [1.54, 1.807) is 24.0 Å². The van der Waals surface area contributed by atoms with E-state index in [0.717, 1.165) is 11.4 Å². The number of likely N-dealkylation sites (N-methyl/N-ethyl adjacent to an activating group) is 1. The molecule has 1 aromatic carbocycles. The van der Waals surface area contributed by atoms with E-state index in [9.17, 15) is 4.79 Å². The Morgan fingerprint density at radius 1 is 1.41 bits per heavy atom. The normalized spacial score (nSPS) is 19.9. The number of nitrogens with two attached hydrogens (primary N) is 1. The standard InChI is InChI=1S/C12H17N3O2/c1-14-10(7-13)8-15(12(14)16)9-3-5-11(17-2)6-4-9/h3-6,10H,7-8,13H2,1-2H3. The highest BCUT2D eigenvalue weighted by Crippen LogP contribution is 2.24. The molecule has 2 N–H and O–H groups in total. The van der Waals surface area contributed by atoms with Gasteiger partial charge in [-0.3, -0.25) is 4.90 Å². The molecule has 2 amide bonds. The molecule has 1 aliphatic rings. The average Bonchev–Trinajstić information content (AvgIpc) is 2.66. The van der Waals surface area contributed by atoms with Crippen LogP contribution in [0.4, 0.5) is 10.5 Å². The molecule has 1 saturated heterocycles. The fourth-order valence-corrected chi connectivity index (χ4v) is 1.97. The van der Waals surface area contributed by atoms with Crippen LogP contribution >= 0.6 is 0 Å². The molecule has 1 aliphatic heterocycles. The molecule has 0 spiro atoms. The van der Waals surface area contributed by atoms with Crippen molar-refractivity contribution in [1.29, 1.82) is 0 Å². The summed E-state index contributed by atoms with van der Waals surface area (Å²) in [4.78, 5) is 15.4. The molecule has 1 aromatic rings. The number of carbonyl (C=O) groups excluding carboxylic acids is 1. The number of ether oxygens (including phenoxy) is 1. The molecular formula is C12H17N3O2. The van der Waals surface area contributed by atoms with Crippen LogP contribution in [0.25, 0.3) is 0 Å². The molecule has 1 atom stereocenters. The fraction of sp³-hybridized carbons (Fsp3) is 0.417. The lowest BCUT2D eigenvalue weighted by Gasteiger charge is -2.16. The predicted molar refractivity (Wildman–Crippen MR) is 66.3 cm³/mol. The van der Waals surface area contributed by atoms with Gasteiger partial charge >= 0.3 is 6.03 Å². The van der Waals surface area contributed by atoms with Crippen LogP contribution in [0.5, 0.6) is 5.75 Å². The van der Waals surface area contributed by atoms with Gasteiger partial charge in [0.25, 0.3) is 0 Å². The number of anilines is 1. The van der Waals surface area contributed by atoms with Crippen molar-refractivity contribution in [3.05, 3.63) is 24.3 Å². The molecular weight excluding hydrogens is 218 g/mol. The first-order valence-electron chi connectivity index (χ1n) is 5.56. The molecule has 0 saturated carbocycles. The Morgan fingerprint density at radius 3 is 2.53 bits per heavy atom. The minimum Gasteiger partial charge on any atom is -0.497 e. The number of hydrogen-bond acceptors (Lipinski definition) is 3. The zero-order valence-electron chi connectivity index (χ0n) is 10.1. The summed E-state index contributed by atoms with van der Waals surface area (Å²) >= 11 is 0. The van der Waals surface area contributed by atoms with Gasteiger partial charge in [0.1, 0.15) is 5.75 Å². The summed E-state index contributed by atoms with van der Waals surface area (Å²) in [7, 11) is 3.40. The maximum atomic E-state index is 12.0. The Labute approximate surface area is 101 Å². The first-order valence-corrected chi connectivity index (χ1v) is 5.56. The molecule has 1 fully saturated rings. The van der Waals surface area contributed by atoms with Crippen LogP contribution in [0.15, 0.2) is 24.3 Å². The molecule has 92 valence electrons. The summed E-state index contributed by atoms with van der Waals surface area (Å²) in [6.07, 6.45) is 0. The molecule has 1 unspecified atom stereocenters. The Balaban J connectivity index is 2.20. The molecule has 1 heterocycles. The van der Waals surface area contributed by atoms with Gasteiger partial charge in [-0.15, -0.1) is 0 Å². The van der Waals surface area contributed by atoms with Crippen molar-refractivity contribution in [2.75, 3.05) is 32.1 Å². The Hall–Kier alpha value is -1.75. The van der Waals surface area contributed by atoms with E-state index in [1.807, 2.05) is 24.3 Å². The van der Waals surface area contributed by atoms with Crippen molar-refractivity contribution >= 4 is 11.7 Å². The summed E-state index contributed by atoms with van der Waals surface area (Å²) in [5.74, 6) is 0.782. The lowest BCUT2D eigenvalue weighted by atomic mass is 10.2. The molecule has 0 aromatic heterocycles. The largest absolute Gasteiger partial charge is 0.497 e. The van der Waals surface area contributed by atoms with Gasteiger partial charge in [0.2, 0.25) is 0 Å². The van der Waals surface area contributed by atoms with E-state index in [4.69, 9.17) is 10.5 Å². The highest BCUT2D eigenvalue weighted by atomic mass is 16.5. The minimum atomic E-state index is -0.00869. The lowest BCUT2D eigenvalue weighted by molar-refractivity contribution is 0.219. The molecule has 2 rings (SSSR count). The SMILES string of the molecule is COc1ccc(N2CC(CN)N(C)C2=O)cc1. The predicted octanol–water partition coefficient (Wildman–Crippen LogP) is 0.894. The second kappa shape index (κ2) is 4.63. The number of nitrogens with zero attached hydrogens (tertiary/aromatic N) is 2. The Kier molecular flexibility index (Phi) is 3.19. The first-order chi connectivity index (χ1) is 8.17. The summed E-state index contributed by atoms with van der Waals surface area (Å²) in [5.41, 5.74) is 6.51. The summed E-state index contributed by atoms with van der Waals surface area (Å²) in [6, 6.07) is 7.53.